The summed E-state index contributed by atoms with van der Waals surface area (Å²) in [6.45, 7) is 4.94. The summed E-state index contributed by atoms with van der Waals surface area (Å²) in [7, 11) is 0. The van der Waals surface area contributed by atoms with Crippen LogP contribution in [-0.4, -0.2) is 14.6 Å². The zero-order chi connectivity index (χ0) is 27.5. The summed E-state index contributed by atoms with van der Waals surface area (Å²) in [6.07, 6.45) is 1.74. The number of nitrogens with zero attached hydrogens (tertiary/aromatic N) is 3. The molecule has 2 aromatic heterocycles. The molecule has 2 N–H and O–H groups in total. The summed E-state index contributed by atoms with van der Waals surface area (Å²) >= 11 is 10.1. The molecule has 0 amide bonds. The highest BCUT2D eigenvalue weighted by Gasteiger charge is 2.14. The number of hydrogen-bond donors (Lipinski definition) is 2. The number of halogens is 2. The molecule has 0 fully saturated rings. The summed E-state index contributed by atoms with van der Waals surface area (Å²) in [5, 5.41) is 12.2. The molecule has 0 aliphatic carbocycles. The molecule has 0 unspecified atom stereocenters. The van der Waals surface area contributed by atoms with Crippen LogP contribution in [0, 0.1) is 0 Å². The average molecular weight is 607 g/mol. The van der Waals surface area contributed by atoms with Gasteiger partial charge in [-0.25, -0.2) is 4.98 Å². The van der Waals surface area contributed by atoms with Crippen molar-refractivity contribution in [2.24, 2.45) is 0 Å². The van der Waals surface area contributed by atoms with Gasteiger partial charge in [0.05, 0.1) is 16.4 Å². The van der Waals surface area contributed by atoms with Crippen LogP contribution in [0.1, 0.15) is 11.1 Å². The van der Waals surface area contributed by atoms with Crippen LogP contribution in [0.2, 0.25) is 5.02 Å². The maximum absolute atomic E-state index is 6.49. The van der Waals surface area contributed by atoms with E-state index in [4.69, 9.17) is 16.6 Å². The van der Waals surface area contributed by atoms with Gasteiger partial charge in [0.1, 0.15) is 5.82 Å². The van der Waals surface area contributed by atoms with E-state index in [1.54, 1.807) is 10.7 Å². The second-order valence-electron chi connectivity index (χ2n) is 9.30. The molecule has 5 nitrogen and oxygen atoms in total. The van der Waals surface area contributed by atoms with Crippen molar-refractivity contribution >= 4 is 50.4 Å². The quantitative estimate of drug-likeness (QED) is 0.181. The molecule has 4 aromatic carbocycles. The van der Waals surface area contributed by atoms with E-state index in [1.807, 2.05) is 54.6 Å². The lowest BCUT2D eigenvalue weighted by atomic mass is 9.98. The average Bonchev–Trinajstić information content (AvgIpc) is 3.37. The fourth-order valence-corrected chi connectivity index (χ4v) is 5.26. The van der Waals surface area contributed by atoms with E-state index in [-0.39, 0.29) is 0 Å². The first kappa shape index (κ1) is 25.9. The van der Waals surface area contributed by atoms with Crippen LogP contribution in [0.5, 0.6) is 0 Å². The Bertz CT molecular complexity index is 1830. The Morgan fingerprint density at radius 2 is 1.60 bits per heavy atom. The summed E-state index contributed by atoms with van der Waals surface area (Å²) in [5.41, 5.74) is 8.61. The zero-order valence-corrected chi connectivity index (χ0v) is 23.8. The van der Waals surface area contributed by atoms with Crippen molar-refractivity contribution in [3.05, 3.63) is 143 Å². The second kappa shape index (κ2) is 11.4. The smallest absolute Gasteiger partial charge is 0.172 e. The largest absolute Gasteiger partial charge is 0.366 e. The van der Waals surface area contributed by atoms with E-state index in [2.05, 4.69) is 92.8 Å². The Morgan fingerprint density at radius 1 is 0.850 bits per heavy atom. The monoisotopic (exact) mass is 605 g/mol. The molecule has 0 atom stereocenters. The van der Waals surface area contributed by atoms with Gasteiger partial charge in [0.2, 0.25) is 0 Å². The molecule has 196 valence electrons. The van der Waals surface area contributed by atoms with Gasteiger partial charge < -0.3 is 10.6 Å². The second-order valence-corrected chi connectivity index (χ2v) is 10.6. The third kappa shape index (κ3) is 5.37. The maximum atomic E-state index is 6.49. The molecular weight excluding hydrogens is 582 g/mol. The number of fused-ring (bicyclic) bond motifs is 1. The van der Waals surface area contributed by atoms with Crippen LogP contribution in [0.25, 0.3) is 33.7 Å². The Labute approximate surface area is 246 Å². The molecule has 0 aliphatic heterocycles. The van der Waals surface area contributed by atoms with Gasteiger partial charge in [0.25, 0.3) is 0 Å². The summed E-state index contributed by atoms with van der Waals surface area (Å²) in [5.74, 6) is 0.810. The summed E-state index contributed by atoms with van der Waals surface area (Å²) in [6, 6.07) is 36.6. The van der Waals surface area contributed by atoms with E-state index in [0.717, 1.165) is 55.2 Å². The van der Waals surface area contributed by atoms with Crippen LogP contribution in [0.4, 0.5) is 11.5 Å². The van der Waals surface area contributed by atoms with Gasteiger partial charge in [-0.05, 0) is 50.8 Å². The molecule has 0 bridgehead atoms. The van der Waals surface area contributed by atoms with Crippen molar-refractivity contribution in [3.63, 3.8) is 0 Å². The van der Waals surface area contributed by atoms with Crippen LogP contribution in [-0.2, 0) is 6.54 Å². The number of rotatable bonds is 8. The normalized spacial score (nSPS) is 10.9. The number of nitrogens with one attached hydrogen (secondary N) is 2. The first-order valence-electron chi connectivity index (χ1n) is 12.8. The first-order valence-corrected chi connectivity index (χ1v) is 14.0. The van der Waals surface area contributed by atoms with Crippen molar-refractivity contribution in [3.8, 4) is 22.4 Å². The van der Waals surface area contributed by atoms with Crippen molar-refractivity contribution in [2.45, 2.75) is 6.54 Å². The molecular formula is C33H25BrClN5. The number of benzene rings is 4. The molecule has 0 radical (unpaired) electrons. The van der Waals surface area contributed by atoms with E-state index in [0.29, 0.717) is 17.2 Å². The van der Waals surface area contributed by atoms with Gasteiger partial charge in [-0.2, -0.15) is 9.61 Å². The lowest BCUT2D eigenvalue weighted by molar-refractivity contribution is 0.927. The van der Waals surface area contributed by atoms with Gasteiger partial charge in [0, 0.05) is 40.1 Å². The van der Waals surface area contributed by atoms with Crippen LogP contribution in [0.15, 0.2) is 126 Å². The molecule has 2 heterocycles. The highest BCUT2D eigenvalue weighted by Crippen LogP contribution is 2.31. The number of hydrogen-bond acceptors (Lipinski definition) is 4. The van der Waals surface area contributed by atoms with E-state index < -0.39 is 0 Å². The Balaban J connectivity index is 1.24. The molecule has 6 rings (SSSR count). The molecule has 0 saturated carbocycles. The van der Waals surface area contributed by atoms with Crippen molar-refractivity contribution in [2.75, 3.05) is 10.6 Å². The van der Waals surface area contributed by atoms with Gasteiger partial charge in [-0.3, -0.25) is 0 Å². The van der Waals surface area contributed by atoms with Crippen molar-refractivity contribution in [1.82, 2.24) is 14.6 Å². The fourth-order valence-electron chi connectivity index (χ4n) is 4.68. The fraction of sp³-hybridized carbons (Fsp3) is 0.0303. The minimum Gasteiger partial charge on any atom is -0.366 e. The van der Waals surface area contributed by atoms with Crippen molar-refractivity contribution < 1.29 is 0 Å². The van der Waals surface area contributed by atoms with Gasteiger partial charge in [-0.1, -0.05) is 103 Å². The third-order valence-corrected chi connectivity index (χ3v) is 7.50. The van der Waals surface area contributed by atoms with Crippen LogP contribution in [0.3, 0.4) is 0 Å². The SMILES string of the molecule is C=C(Nc1cccc(CNc2cc(-c3ccccc3Cl)nc3c(Br)cnn23)c1)c1ccccc1-c1ccccc1. The minimum atomic E-state index is 0.584. The Hall–Kier alpha value is -4.39. The molecule has 0 spiro atoms. The third-order valence-electron chi connectivity index (χ3n) is 6.61. The lowest BCUT2D eigenvalue weighted by Gasteiger charge is -2.16. The highest BCUT2D eigenvalue weighted by molar-refractivity contribution is 9.10. The molecule has 0 saturated heterocycles. The number of anilines is 2. The summed E-state index contributed by atoms with van der Waals surface area (Å²) in [4.78, 5) is 4.80. The first-order chi connectivity index (χ1) is 19.6. The molecule has 6 aromatic rings. The topological polar surface area (TPSA) is 54.2 Å². The lowest BCUT2D eigenvalue weighted by Crippen LogP contribution is -2.07. The van der Waals surface area contributed by atoms with Gasteiger partial charge >= 0.3 is 0 Å². The Kier molecular flexibility index (Phi) is 7.36. The van der Waals surface area contributed by atoms with Gasteiger partial charge in [0.15, 0.2) is 5.65 Å². The van der Waals surface area contributed by atoms with E-state index in [1.165, 1.54) is 0 Å². The highest BCUT2D eigenvalue weighted by atomic mass is 79.9. The molecule has 7 heteroatoms. The van der Waals surface area contributed by atoms with E-state index >= 15 is 0 Å². The minimum absolute atomic E-state index is 0.584. The molecule has 40 heavy (non-hydrogen) atoms. The van der Waals surface area contributed by atoms with Gasteiger partial charge in [-0.15, -0.1) is 0 Å². The Morgan fingerprint density at radius 3 is 2.42 bits per heavy atom. The van der Waals surface area contributed by atoms with Crippen LogP contribution < -0.4 is 10.6 Å². The predicted molar refractivity (Wildman–Crippen MR) is 169 cm³/mol. The number of aromatic nitrogens is 3. The maximum Gasteiger partial charge on any atom is 0.172 e. The summed E-state index contributed by atoms with van der Waals surface area (Å²) < 4.78 is 2.60. The molecule has 0 aliphatic rings. The van der Waals surface area contributed by atoms with Crippen molar-refractivity contribution in [1.29, 1.82) is 0 Å². The van der Waals surface area contributed by atoms with E-state index in [9.17, 15) is 0 Å². The van der Waals surface area contributed by atoms with Crippen LogP contribution >= 0.6 is 27.5 Å². The predicted octanol–water partition coefficient (Wildman–Crippen LogP) is 9.17. The standard InChI is InChI=1S/C33H25BrClN5/c1-22(26-14-5-6-15-27(26)24-11-3-2-4-12-24)38-25-13-9-10-23(18-25)20-36-32-19-31(28-16-7-8-17-30(28)35)39-33-29(34)21-37-40(32)33/h2-19,21,36,38H,1,20H2. The zero-order valence-electron chi connectivity index (χ0n) is 21.5.